The highest BCUT2D eigenvalue weighted by molar-refractivity contribution is 7.18. The van der Waals surface area contributed by atoms with Crippen molar-refractivity contribution in [3.63, 3.8) is 0 Å². The fourth-order valence-electron chi connectivity index (χ4n) is 1.66. The Morgan fingerprint density at radius 1 is 1.14 bits per heavy atom. The van der Waals surface area contributed by atoms with E-state index in [1.807, 2.05) is 30.3 Å². The van der Waals surface area contributed by atoms with Crippen LogP contribution >= 0.6 is 11.3 Å². The molecule has 0 aliphatic heterocycles. The average molecular weight is 297 g/mol. The quantitative estimate of drug-likeness (QED) is 0.749. The van der Waals surface area contributed by atoms with E-state index in [1.165, 1.54) is 17.4 Å². The minimum Gasteiger partial charge on any atom is -0.465 e. The Morgan fingerprint density at radius 3 is 2.76 bits per heavy atom. The van der Waals surface area contributed by atoms with Crippen LogP contribution in [-0.4, -0.2) is 16.1 Å². The molecule has 0 saturated carbocycles. The summed E-state index contributed by atoms with van der Waals surface area (Å²) in [5.74, 6) is 0.342. The van der Waals surface area contributed by atoms with E-state index in [4.69, 9.17) is 4.42 Å². The number of aromatic nitrogens is 2. The smallest absolute Gasteiger partial charge is 0.250 e. The lowest BCUT2D eigenvalue weighted by molar-refractivity contribution is -0.111. The molecule has 1 aromatic carbocycles. The number of hydrogen-bond donors (Lipinski definition) is 1. The van der Waals surface area contributed by atoms with E-state index in [0.29, 0.717) is 10.9 Å². The molecule has 2 heterocycles. The molecule has 0 spiro atoms. The van der Waals surface area contributed by atoms with Crippen LogP contribution in [0.2, 0.25) is 0 Å². The van der Waals surface area contributed by atoms with Crippen molar-refractivity contribution in [2.75, 3.05) is 5.32 Å². The monoisotopic (exact) mass is 297 g/mol. The molecule has 0 aliphatic carbocycles. The molecule has 0 aliphatic rings. The summed E-state index contributed by atoms with van der Waals surface area (Å²) in [6, 6.07) is 13.2. The number of rotatable bonds is 4. The number of benzene rings is 1. The number of nitrogens with one attached hydrogen (secondary N) is 1. The summed E-state index contributed by atoms with van der Waals surface area (Å²) < 4.78 is 5.10. The van der Waals surface area contributed by atoms with E-state index in [1.54, 1.807) is 24.5 Å². The zero-order chi connectivity index (χ0) is 14.5. The van der Waals surface area contributed by atoms with Crippen LogP contribution in [0.25, 0.3) is 16.6 Å². The third-order valence-corrected chi connectivity index (χ3v) is 3.51. The predicted molar refractivity (Wildman–Crippen MR) is 81.7 cm³/mol. The van der Waals surface area contributed by atoms with Crippen molar-refractivity contribution in [3.8, 4) is 10.6 Å². The van der Waals surface area contributed by atoms with Gasteiger partial charge in [-0.05, 0) is 18.2 Å². The SMILES string of the molecule is O=C(/C=C/c1ccco1)Nc1nnc(-c2ccccc2)s1. The molecule has 3 rings (SSSR count). The number of nitrogens with zero attached hydrogens (tertiary/aromatic N) is 2. The fraction of sp³-hybridized carbons (Fsp3) is 0. The molecule has 1 N–H and O–H groups in total. The van der Waals surface area contributed by atoms with Crippen LogP contribution in [0.15, 0.2) is 59.2 Å². The van der Waals surface area contributed by atoms with Crippen molar-refractivity contribution in [1.82, 2.24) is 10.2 Å². The molecule has 104 valence electrons. The van der Waals surface area contributed by atoms with E-state index in [9.17, 15) is 4.79 Å². The highest BCUT2D eigenvalue weighted by Crippen LogP contribution is 2.25. The Labute approximate surface area is 125 Å². The van der Waals surface area contributed by atoms with Gasteiger partial charge in [-0.3, -0.25) is 10.1 Å². The van der Waals surface area contributed by atoms with E-state index >= 15 is 0 Å². The summed E-state index contributed by atoms with van der Waals surface area (Å²) in [4.78, 5) is 11.8. The minimum absolute atomic E-state index is 0.276. The Bertz CT molecular complexity index is 748. The number of amides is 1. The number of anilines is 1. The maximum atomic E-state index is 11.8. The van der Waals surface area contributed by atoms with Crippen LogP contribution in [0.4, 0.5) is 5.13 Å². The molecule has 5 nitrogen and oxygen atoms in total. The van der Waals surface area contributed by atoms with Crippen molar-refractivity contribution in [3.05, 3.63) is 60.6 Å². The third kappa shape index (κ3) is 3.43. The maximum absolute atomic E-state index is 11.8. The number of carbonyl (C=O) groups excluding carboxylic acids is 1. The van der Waals surface area contributed by atoms with Gasteiger partial charge in [0.1, 0.15) is 10.8 Å². The van der Waals surface area contributed by atoms with E-state index in [0.717, 1.165) is 10.6 Å². The molecule has 1 amide bonds. The van der Waals surface area contributed by atoms with Gasteiger partial charge in [0.2, 0.25) is 11.0 Å². The van der Waals surface area contributed by atoms with Gasteiger partial charge in [-0.25, -0.2) is 0 Å². The van der Waals surface area contributed by atoms with Gasteiger partial charge in [0.05, 0.1) is 6.26 Å². The number of carbonyl (C=O) groups is 1. The first-order valence-corrected chi connectivity index (χ1v) is 7.04. The van der Waals surface area contributed by atoms with E-state index in [-0.39, 0.29) is 5.91 Å². The van der Waals surface area contributed by atoms with Crippen molar-refractivity contribution < 1.29 is 9.21 Å². The highest BCUT2D eigenvalue weighted by Gasteiger charge is 2.07. The fourth-order valence-corrected chi connectivity index (χ4v) is 2.41. The normalized spacial score (nSPS) is 10.9. The molecule has 0 saturated heterocycles. The molecular weight excluding hydrogens is 286 g/mol. The molecule has 2 aromatic heterocycles. The summed E-state index contributed by atoms with van der Waals surface area (Å²) in [7, 11) is 0. The van der Waals surface area contributed by atoms with Crippen LogP contribution < -0.4 is 5.32 Å². The summed E-state index contributed by atoms with van der Waals surface area (Å²) in [5.41, 5.74) is 0.974. The van der Waals surface area contributed by atoms with E-state index in [2.05, 4.69) is 15.5 Å². The van der Waals surface area contributed by atoms with Gasteiger partial charge >= 0.3 is 0 Å². The Hall–Kier alpha value is -2.73. The predicted octanol–water partition coefficient (Wildman–Crippen LogP) is 3.45. The van der Waals surface area contributed by atoms with Gasteiger partial charge in [0, 0.05) is 11.6 Å². The molecule has 0 fully saturated rings. The summed E-state index contributed by atoms with van der Waals surface area (Å²) in [5, 5.41) is 11.9. The second-order valence-corrected chi connectivity index (χ2v) is 5.09. The van der Waals surface area contributed by atoms with Crippen LogP contribution in [-0.2, 0) is 4.79 Å². The van der Waals surface area contributed by atoms with Crippen LogP contribution in [0, 0.1) is 0 Å². The summed E-state index contributed by atoms with van der Waals surface area (Å²) in [6.45, 7) is 0. The average Bonchev–Trinajstić information content (AvgIpc) is 3.17. The lowest BCUT2D eigenvalue weighted by Gasteiger charge is -1.94. The van der Waals surface area contributed by atoms with Crippen LogP contribution in [0.1, 0.15) is 5.76 Å². The largest absolute Gasteiger partial charge is 0.465 e. The van der Waals surface area contributed by atoms with Gasteiger partial charge in [-0.15, -0.1) is 10.2 Å². The third-order valence-electron chi connectivity index (χ3n) is 2.62. The van der Waals surface area contributed by atoms with Crippen molar-refractivity contribution in [2.45, 2.75) is 0 Å². The lowest BCUT2D eigenvalue weighted by Crippen LogP contribution is -2.07. The number of hydrogen-bond acceptors (Lipinski definition) is 5. The van der Waals surface area contributed by atoms with Crippen molar-refractivity contribution in [1.29, 1.82) is 0 Å². The summed E-state index contributed by atoms with van der Waals surface area (Å²) in [6.07, 6.45) is 4.53. The van der Waals surface area contributed by atoms with Gasteiger partial charge in [0.15, 0.2) is 0 Å². The molecular formula is C15H11N3O2S. The molecule has 3 aromatic rings. The molecule has 0 radical (unpaired) electrons. The second-order valence-electron chi connectivity index (χ2n) is 4.12. The first kappa shape index (κ1) is 13.3. The highest BCUT2D eigenvalue weighted by atomic mass is 32.1. The molecule has 6 heteroatoms. The standard InChI is InChI=1S/C15H11N3O2S/c19-13(9-8-12-7-4-10-20-12)16-15-18-17-14(21-15)11-5-2-1-3-6-11/h1-10H,(H,16,18,19)/b9-8+. The number of furan rings is 1. The maximum Gasteiger partial charge on any atom is 0.250 e. The van der Waals surface area contributed by atoms with Crippen molar-refractivity contribution >= 4 is 28.5 Å². The molecule has 21 heavy (non-hydrogen) atoms. The molecule has 0 atom stereocenters. The van der Waals surface area contributed by atoms with Crippen LogP contribution in [0.3, 0.4) is 0 Å². The van der Waals surface area contributed by atoms with Gasteiger partial charge in [0.25, 0.3) is 0 Å². The topological polar surface area (TPSA) is 68.0 Å². The first-order chi connectivity index (χ1) is 10.3. The lowest BCUT2D eigenvalue weighted by atomic mass is 10.2. The summed E-state index contributed by atoms with van der Waals surface area (Å²) >= 11 is 1.33. The van der Waals surface area contributed by atoms with Gasteiger partial charge in [-0.2, -0.15) is 0 Å². The Balaban J connectivity index is 1.66. The van der Waals surface area contributed by atoms with Gasteiger partial charge < -0.3 is 4.42 Å². The second kappa shape index (κ2) is 6.15. The minimum atomic E-state index is -0.276. The zero-order valence-corrected chi connectivity index (χ0v) is 11.7. The van der Waals surface area contributed by atoms with Crippen molar-refractivity contribution in [2.24, 2.45) is 0 Å². The first-order valence-electron chi connectivity index (χ1n) is 6.23. The van der Waals surface area contributed by atoms with E-state index < -0.39 is 0 Å². The van der Waals surface area contributed by atoms with Gasteiger partial charge in [-0.1, -0.05) is 41.7 Å². The molecule has 0 bridgehead atoms. The van der Waals surface area contributed by atoms with Crippen LogP contribution in [0.5, 0.6) is 0 Å². The molecule has 0 unspecified atom stereocenters. The Morgan fingerprint density at radius 2 is 2.00 bits per heavy atom. The Kier molecular flexibility index (Phi) is 3.88. The zero-order valence-electron chi connectivity index (χ0n) is 10.9.